The third kappa shape index (κ3) is 7.99. The molecular formula is C43H32N6O2PdPt. The number of fused-ring (bicyclic) bond motifs is 3. The van der Waals surface area contributed by atoms with Crippen molar-refractivity contribution in [1.29, 1.82) is 0 Å². The molecule has 0 spiro atoms. The molecule has 8 rings (SSSR count). The van der Waals surface area contributed by atoms with Gasteiger partial charge in [0.1, 0.15) is 12.7 Å². The fraction of sp³-hybridized carbons (Fsp3) is 0.140. The summed E-state index contributed by atoms with van der Waals surface area (Å²) in [5, 5.41) is 1.86. The minimum absolute atomic E-state index is 0. The van der Waals surface area contributed by atoms with Gasteiger partial charge >= 0.3 is 41.5 Å². The molecule has 0 bridgehead atoms. The number of rotatable bonds is 9. The molecule has 10 heteroatoms. The third-order valence-electron chi connectivity index (χ3n) is 8.64. The summed E-state index contributed by atoms with van der Waals surface area (Å²) in [5.74, 6) is 3.32. The molecule has 0 atom stereocenters. The number of benzene rings is 4. The first-order valence-electron chi connectivity index (χ1n) is 16.8. The van der Waals surface area contributed by atoms with E-state index >= 15 is 0 Å². The van der Waals surface area contributed by atoms with Crippen molar-refractivity contribution in [1.82, 2.24) is 29.5 Å². The molecule has 8 nitrogen and oxygen atoms in total. The van der Waals surface area contributed by atoms with Gasteiger partial charge in [-0.25, -0.2) is 15.0 Å². The fourth-order valence-electron chi connectivity index (χ4n) is 5.95. The Kier molecular flexibility index (Phi) is 11.6. The van der Waals surface area contributed by atoms with Crippen LogP contribution in [0.15, 0.2) is 110 Å². The molecule has 0 unspecified atom stereocenters. The summed E-state index contributed by atoms with van der Waals surface area (Å²) < 4.78 is 14.6. The normalized spacial score (nSPS) is 11.1. The Hall–Kier alpha value is -5.06. The molecule has 53 heavy (non-hydrogen) atoms. The average molecular weight is 966 g/mol. The van der Waals surface area contributed by atoms with Crippen molar-refractivity contribution in [3.63, 3.8) is 0 Å². The van der Waals surface area contributed by atoms with E-state index < -0.39 is 0 Å². The summed E-state index contributed by atoms with van der Waals surface area (Å²) >= 11 is 0. The summed E-state index contributed by atoms with van der Waals surface area (Å²) in [6.07, 6.45) is 6.60. The van der Waals surface area contributed by atoms with E-state index in [1.165, 1.54) is 23.8 Å². The van der Waals surface area contributed by atoms with E-state index in [0.717, 1.165) is 33.3 Å². The first kappa shape index (κ1) is 37.7. The van der Waals surface area contributed by atoms with E-state index in [-0.39, 0.29) is 41.5 Å². The van der Waals surface area contributed by atoms with Crippen LogP contribution in [0.3, 0.4) is 0 Å². The number of pyridine rings is 2. The molecule has 266 valence electrons. The second-order valence-corrected chi connectivity index (χ2v) is 12.8. The average Bonchev–Trinajstić information content (AvgIpc) is 3.48. The molecule has 0 aliphatic carbocycles. The maximum absolute atomic E-state index is 6.33. The van der Waals surface area contributed by atoms with Gasteiger partial charge < -0.3 is 24.0 Å². The van der Waals surface area contributed by atoms with E-state index in [4.69, 9.17) is 9.47 Å². The van der Waals surface area contributed by atoms with Gasteiger partial charge in [-0.05, 0) is 35.4 Å². The standard InChI is InChI=1S/C43H32N6O2.Pd.Pt/c1-27(2)29-15-17-45-39(21-29)31-7-5-9-33(19-31)50-35-11-13-37-38-14-12-36(24-42(38)49(41(37)23-35)43-47-25-44-26-48-43)51-34-10-6-8-32(20-34)40-22-30(28(3)4)16-18-46-40;;/h5-18,21-22,25-28H,1-4H3;;/q-4;2*+2. The van der Waals surface area contributed by atoms with Crippen molar-refractivity contribution in [3.05, 3.63) is 145 Å². The number of hydrogen-bond acceptors (Lipinski definition) is 7. The van der Waals surface area contributed by atoms with Gasteiger partial charge in [-0.2, -0.15) is 22.9 Å². The van der Waals surface area contributed by atoms with Crippen LogP contribution in [0.4, 0.5) is 0 Å². The van der Waals surface area contributed by atoms with Gasteiger partial charge in [0.25, 0.3) is 0 Å². The zero-order chi connectivity index (χ0) is 34.9. The molecule has 4 heterocycles. The molecule has 0 fully saturated rings. The largest absolute Gasteiger partial charge is 2.00 e. The van der Waals surface area contributed by atoms with Crippen molar-refractivity contribution < 1.29 is 51.0 Å². The Balaban J connectivity index is 0.00000240. The molecule has 8 aromatic rings. The Morgan fingerprint density at radius 1 is 0.547 bits per heavy atom. The van der Waals surface area contributed by atoms with Gasteiger partial charge in [0.2, 0.25) is 5.95 Å². The molecule has 4 aromatic heterocycles. The zero-order valence-corrected chi connectivity index (χ0v) is 33.0. The zero-order valence-electron chi connectivity index (χ0n) is 29.2. The van der Waals surface area contributed by atoms with Crippen LogP contribution in [0.5, 0.6) is 23.0 Å². The number of aromatic nitrogens is 6. The van der Waals surface area contributed by atoms with Crippen molar-refractivity contribution >= 4 is 21.8 Å². The molecule has 4 aromatic carbocycles. The molecule has 0 aliphatic heterocycles. The summed E-state index contributed by atoms with van der Waals surface area (Å²) in [6.45, 7) is 8.66. The number of hydrogen-bond donors (Lipinski definition) is 0. The second-order valence-electron chi connectivity index (χ2n) is 12.8. The number of nitrogens with zero attached hydrogens (tertiary/aromatic N) is 6. The molecule has 0 amide bonds. The van der Waals surface area contributed by atoms with Crippen LogP contribution in [0.1, 0.15) is 50.7 Å². The number of ether oxygens (including phenoxy) is 2. The van der Waals surface area contributed by atoms with E-state index in [2.05, 4.69) is 89.0 Å². The van der Waals surface area contributed by atoms with Crippen LogP contribution in [0.2, 0.25) is 0 Å². The molecular weight excluding hydrogens is 934 g/mol. The predicted octanol–water partition coefficient (Wildman–Crippen LogP) is 10.1. The van der Waals surface area contributed by atoms with Crippen molar-refractivity contribution in [2.24, 2.45) is 0 Å². The van der Waals surface area contributed by atoms with Crippen LogP contribution >= 0.6 is 0 Å². The predicted molar refractivity (Wildman–Crippen MR) is 197 cm³/mol. The fourth-order valence-corrected chi connectivity index (χ4v) is 5.95. The molecule has 0 aliphatic rings. The Labute approximate surface area is 336 Å². The summed E-state index contributed by atoms with van der Waals surface area (Å²) in [4.78, 5) is 22.1. The molecule has 0 saturated carbocycles. The van der Waals surface area contributed by atoms with E-state index in [9.17, 15) is 0 Å². The van der Waals surface area contributed by atoms with Crippen LogP contribution in [-0.2, 0) is 41.5 Å². The summed E-state index contributed by atoms with van der Waals surface area (Å²) in [5.41, 5.74) is 7.24. The van der Waals surface area contributed by atoms with E-state index in [1.807, 2.05) is 89.8 Å². The topological polar surface area (TPSA) is 87.8 Å². The third-order valence-corrected chi connectivity index (χ3v) is 8.64. The maximum atomic E-state index is 6.33. The maximum Gasteiger partial charge on any atom is 2.00 e. The first-order valence-corrected chi connectivity index (χ1v) is 16.8. The van der Waals surface area contributed by atoms with Gasteiger partial charge in [-0.15, -0.1) is 71.8 Å². The van der Waals surface area contributed by atoms with Crippen LogP contribution in [0.25, 0.3) is 50.3 Å². The van der Waals surface area contributed by atoms with Gasteiger partial charge in [-0.1, -0.05) is 74.1 Å². The smallest absolute Gasteiger partial charge is 0.503 e. The quantitative estimate of drug-likeness (QED) is 0.105. The van der Waals surface area contributed by atoms with Gasteiger partial charge in [0, 0.05) is 35.4 Å². The summed E-state index contributed by atoms with van der Waals surface area (Å²) in [6, 6.07) is 41.3. The van der Waals surface area contributed by atoms with Crippen LogP contribution in [-0.4, -0.2) is 29.5 Å². The first-order chi connectivity index (χ1) is 24.9. The van der Waals surface area contributed by atoms with Crippen LogP contribution < -0.4 is 9.47 Å². The van der Waals surface area contributed by atoms with Gasteiger partial charge in [-0.3, -0.25) is 0 Å². The van der Waals surface area contributed by atoms with Gasteiger partial charge in [0.05, 0.1) is 0 Å². The summed E-state index contributed by atoms with van der Waals surface area (Å²) in [7, 11) is 0. The Bertz CT molecular complexity index is 2370. The van der Waals surface area contributed by atoms with Crippen molar-refractivity contribution in [3.8, 4) is 51.5 Å². The van der Waals surface area contributed by atoms with E-state index in [1.54, 1.807) is 0 Å². The minimum Gasteiger partial charge on any atom is -0.503 e. The van der Waals surface area contributed by atoms with Gasteiger partial charge in [0.15, 0.2) is 0 Å². The van der Waals surface area contributed by atoms with Crippen LogP contribution in [0, 0.1) is 24.3 Å². The Morgan fingerprint density at radius 3 is 1.45 bits per heavy atom. The second kappa shape index (κ2) is 16.3. The SMILES string of the molecule is CC(C)c1ccnc(-c2[c-]c(Oc3[c-]c4c(cc3)c3ccc(Oc5[c-]c(-c6cc(C(C)C)ccn6)ccc5)[c-]c3n4-c3ncncn3)ccc2)c1.[Pd+2].[Pt+2]. The Morgan fingerprint density at radius 2 is 1.00 bits per heavy atom. The van der Waals surface area contributed by atoms with E-state index in [0.29, 0.717) is 51.8 Å². The van der Waals surface area contributed by atoms with Crippen molar-refractivity contribution in [2.75, 3.05) is 0 Å². The molecule has 0 saturated heterocycles. The molecule has 0 radical (unpaired) electrons. The van der Waals surface area contributed by atoms with Crippen molar-refractivity contribution in [2.45, 2.75) is 39.5 Å². The monoisotopic (exact) mass is 965 g/mol. The minimum atomic E-state index is 0. The molecule has 0 N–H and O–H groups in total.